The number of amides is 1. The summed E-state index contributed by atoms with van der Waals surface area (Å²) < 4.78 is 10.3. The lowest BCUT2D eigenvalue weighted by Crippen LogP contribution is -2.25. The smallest absolute Gasteiger partial charge is 0.268 e. The van der Waals surface area contributed by atoms with E-state index in [2.05, 4.69) is 21.8 Å². The molecule has 4 aromatic rings. The Kier molecular flexibility index (Phi) is 6.39. The molecule has 0 radical (unpaired) electrons. The number of rotatable bonds is 9. The molecule has 0 aliphatic rings. The summed E-state index contributed by atoms with van der Waals surface area (Å²) in [6, 6.07) is 18.0. The van der Waals surface area contributed by atoms with Gasteiger partial charge in [-0.05, 0) is 42.5 Å². The molecule has 0 unspecified atom stereocenters. The Morgan fingerprint density at radius 2 is 2.00 bits per heavy atom. The summed E-state index contributed by atoms with van der Waals surface area (Å²) in [7, 11) is 0. The lowest BCUT2D eigenvalue weighted by Gasteiger charge is -2.26. The Balaban J connectivity index is 1.53. The molecule has 0 saturated carbocycles. The quantitative estimate of drug-likeness (QED) is 0.408. The molecule has 0 aliphatic heterocycles. The first-order valence-corrected chi connectivity index (χ1v) is 10.6. The Labute approximate surface area is 186 Å². The average molecular weight is 437 g/mol. The van der Waals surface area contributed by atoms with E-state index in [1.165, 1.54) is 0 Å². The Morgan fingerprint density at radius 1 is 1.19 bits per heavy atom. The summed E-state index contributed by atoms with van der Waals surface area (Å²) >= 11 is 6.20. The zero-order valence-electron chi connectivity index (χ0n) is 17.3. The van der Waals surface area contributed by atoms with E-state index in [0.717, 1.165) is 29.4 Å². The number of carbonyl (C=O) groups is 1. The summed E-state index contributed by atoms with van der Waals surface area (Å²) in [5, 5.41) is 1.86. The second-order valence-electron chi connectivity index (χ2n) is 7.64. The molecule has 0 saturated heterocycles. The van der Waals surface area contributed by atoms with Crippen LogP contribution in [0, 0.1) is 0 Å². The fraction of sp³-hybridized carbons (Fsp3) is 0.250. The highest BCUT2D eigenvalue weighted by Gasteiger charge is 2.21. The molecule has 2 aromatic heterocycles. The molecule has 31 heavy (non-hydrogen) atoms. The van der Waals surface area contributed by atoms with Crippen LogP contribution in [-0.4, -0.2) is 26.1 Å². The van der Waals surface area contributed by atoms with Gasteiger partial charge in [0.1, 0.15) is 5.69 Å². The standard InChI is InChI=1S/C24H25ClN4O2/c1-17(31-15-18-5-3-2-4-6-18)22(29-14-21(24(26)30)27-16-29)10-12-28-11-9-19-7-8-20(25)13-23(19)28/h2-9,11,13-14,16-17,22H,10,12,15H2,1H3,(H2,26,30)/t17-,22+/m0/s1. The highest BCUT2D eigenvalue weighted by molar-refractivity contribution is 6.31. The van der Waals surface area contributed by atoms with Gasteiger partial charge in [-0.25, -0.2) is 4.98 Å². The van der Waals surface area contributed by atoms with E-state index in [1.54, 1.807) is 12.5 Å². The van der Waals surface area contributed by atoms with Gasteiger partial charge in [0.25, 0.3) is 5.91 Å². The van der Waals surface area contributed by atoms with E-state index in [-0.39, 0.29) is 17.8 Å². The monoisotopic (exact) mass is 436 g/mol. The van der Waals surface area contributed by atoms with Crippen LogP contribution in [0.3, 0.4) is 0 Å². The highest BCUT2D eigenvalue weighted by atomic mass is 35.5. The maximum absolute atomic E-state index is 11.5. The maximum atomic E-state index is 11.5. The lowest BCUT2D eigenvalue weighted by atomic mass is 10.1. The van der Waals surface area contributed by atoms with Crippen LogP contribution in [-0.2, 0) is 17.9 Å². The number of imidazole rings is 1. The van der Waals surface area contributed by atoms with Crippen molar-refractivity contribution in [3.05, 3.63) is 89.6 Å². The highest BCUT2D eigenvalue weighted by Crippen LogP contribution is 2.25. The van der Waals surface area contributed by atoms with Gasteiger partial charge in [-0.3, -0.25) is 4.79 Å². The molecule has 4 rings (SSSR count). The predicted octanol–water partition coefficient (Wildman–Crippen LogP) is 4.83. The van der Waals surface area contributed by atoms with Crippen LogP contribution in [0.25, 0.3) is 10.9 Å². The van der Waals surface area contributed by atoms with Gasteiger partial charge in [-0.2, -0.15) is 0 Å². The van der Waals surface area contributed by atoms with Gasteiger partial charge < -0.3 is 19.6 Å². The third-order valence-electron chi connectivity index (χ3n) is 5.54. The first-order chi connectivity index (χ1) is 15.0. The van der Waals surface area contributed by atoms with Crippen molar-refractivity contribution < 1.29 is 9.53 Å². The van der Waals surface area contributed by atoms with Crippen molar-refractivity contribution in [1.82, 2.24) is 14.1 Å². The Hall–Kier alpha value is -3.09. The molecular formula is C24H25ClN4O2. The van der Waals surface area contributed by atoms with E-state index in [4.69, 9.17) is 22.1 Å². The van der Waals surface area contributed by atoms with E-state index in [0.29, 0.717) is 11.6 Å². The second-order valence-corrected chi connectivity index (χ2v) is 8.08. The van der Waals surface area contributed by atoms with Gasteiger partial charge in [0.2, 0.25) is 0 Å². The number of nitrogens with zero attached hydrogens (tertiary/aromatic N) is 3. The normalized spacial score (nSPS) is 13.4. The van der Waals surface area contributed by atoms with Crippen molar-refractivity contribution in [3.63, 3.8) is 0 Å². The van der Waals surface area contributed by atoms with Gasteiger partial charge in [0.05, 0.1) is 25.1 Å². The molecule has 7 heteroatoms. The minimum Gasteiger partial charge on any atom is -0.372 e. The van der Waals surface area contributed by atoms with Crippen LogP contribution >= 0.6 is 11.6 Å². The number of aromatic nitrogens is 3. The van der Waals surface area contributed by atoms with Crippen LogP contribution < -0.4 is 5.73 Å². The van der Waals surface area contributed by atoms with Crippen molar-refractivity contribution in [1.29, 1.82) is 0 Å². The fourth-order valence-corrected chi connectivity index (χ4v) is 3.97. The number of hydrogen-bond acceptors (Lipinski definition) is 3. The van der Waals surface area contributed by atoms with Crippen molar-refractivity contribution in [3.8, 4) is 0 Å². The third-order valence-corrected chi connectivity index (χ3v) is 5.77. The molecule has 2 N–H and O–H groups in total. The molecule has 0 fully saturated rings. The largest absolute Gasteiger partial charge is 0.372 e. The van der Waals surface area contributed by atoms with E-state index in [1.807, 2.05) is 60.0 Å². The Bertz CT molecular complexity index is 1170. The Morgan fingerprint density at radius 3 is 2.74 bits per heavy atom. The van der Waals surface area contributed by atoms with Crippen molar-refractivity contribution >= 4 is 28.4 Å². The number of hydrogen-bond donors (Lipinski definition) is 1. The molecule has 2 atom stereocenters. The second kappa shape index (κ2) is 9.37. The van der Waals surface area contributed by atoms with Gasteiger partial charge in [0.15, 0.2) is 0 Å². The van der Waals surface area contributed by atoms with Crippen LogP contribution in [0.15, 0.2) is 73.3 Å². The number of carbonyl (C=O) groups excluding carboxylic acids is 1. The first-order valence-electron chi connectivity index (χ1n) is 10.2. The average Bonchev–Trinajstić information content (AvgIpc) is 3.41. The minimum absolute atomic E-state index is 0.0269. The molecule has 0 aliphatic carbocycles. The summed E-state index contributed by atoms with van der Waals surface area (Å²) in [5.74, 6) is -0.540. The summed E-state index contributed by atoms with van der Waals surface area (Å²) in [6.45, 7) is 3.32. The van der Waals surface area contributed by atoms with Gasteiger partial charge in [-0.15, -0.1) is 0 Å². The van der Waals surface area contributed by atoms with Crippen LogP contribution in [0.1, 0.15) is 35.4 Å². The predicted molar refractivity (Wildman–Crippen MR) is 122 cm³/mol. The van der Waals surface area contributed by atoms with Crippen molar-refractivity contribution in [2.45, 2.75) is 38.6 Å². The molecular weight excluding hydrogens is 412 g/mol. The molecule has 2 aromatic carbocycles. The summed E-state index contributed by atoms with van der Waals surface area (Å²) in [4.78, 5) is 15.7. The van der Waals surface area contributed by atoms with Gasteiger partial charge in [-0.1, -0.05) is 48.0 Å². The van der Waals surface area contributed by atoms with Gasteiger partial charge in [0, 0.05) is 29.5 Å². The van der Waals surface area contributed by atoms with Crippen LogP contribution in [0.5, 0.6) is 0 Å². The molecule has 2 heterocycles. The lowest BCUT2D eigenvalue weighted by molar-refractivity contribution is 0.0137. The molecule has 1 amide bonds. The molecule has 160 valence electrons. The number of halogens is 1. The first kappa shape index (κ1) is 21.2. The molecule has 0 spiro atoms. The number of benzene rings is 2. The van der Waals surface area contributed by atoms with Crippen molar-refractivity contribution in [2.24, 2.45) is 5.73 Å². The summed E-state index contributed by atoms with van der Waals surface area (Å²) in [6.07, 6.45) is 6.08. The summed E-state index contributed by atoms with van der Waals surface area (Å²) in [5.41, 5.74) is 7.86. The number of fused-ring (bicyclic) bond motifs is 1. The van der Waals surface area contributed by atoms with E-state index >= 15 is 0 Å². The van der Waals surface area contributed by atoms with Crippen LogP contribution in [0.2, 0.25) is 5.02 Å². The maximum Gasteiger partial charge on any atom is 0.268 e. The fourth-order valence-electron chi connectivity index (χ4n) is 3.81. The molecule has 0 bridgehead atoms. The zero-order valence-corrected chi connectivity index (χ0v) is 18.1. The number of aryl methyl sites for hydroxylation is 1. The number of primary amides is 1. The minimum atomic E-state index is -0.540. The number of ether oxygens (including phenoxy) is 1. The topological polar surface area (TPSA) is 75.1 Å². The third kappa shape index (κ3) is 4.98. The van der Waals surface area contributed by atoms with Crippen LogP contribution in [0.4, 0.5) is 0 Å². The molecule has 6 nitrogen and oxygen atoms in total. The van der Waals surface area contributed by atoms with Crippen molar-refractivity contribution in [2.75, 3.05) is 0 Å². The zero-order chi connectivity index (χ0) is 21.8. The van der Waals surface area contributed by atoms with E-state index in [9.17, 15) is 4.79 Å². The van der Waals surface area contributed by atoms with E-state index < -0.39 is 5.91 Å². The SMILES string of the molecule is C[C@H](OCc1ccccc1)[C@@H](CCn1ccc2ccc(Cl)cc21)n1cnc(C(N)=O)c1. The number of nitrogens with two attached hydrogens (primary N) is 1. The van der Waals surface area contributed by atoms with Gasteiger partial charge >= 0.3 is 0 Å².